The highest BCUT2D eigenvalue weighted by Crippen LogP contribution is 2.24. The fourth-order valence-corrected chi connectivity index (χ4v) is 3.64. The van der Waals surface area contributed by atoms with E-state index in [1.165, 1.54) is 11.3 Å². The zero-order valence-corrected chi connectivity index (χ0v) is 16.4. The lowest BCUT2D eigenvalue weighted by Crippen LogP contribution is -2.33. The van der Waals surface area contributed by atoms with E-state index in [1.807, 2.05) is 27.4 Å². The van der Waals surface area contributed by atoms with Crippen LogP contribution in [0, 0.1) is 5.41 Å². The first-order valence-electron chi connectivity index (χ1n) is 8.15. The Bertz CT molecular complexity index is 906. The maximum absolute atomic E-state index is 11.8. The van der Waals surface area contributed by atoms with Crippen LogP contribution in [0.4, 0.5) is 0 Å². The minimum atomic E-state index is -0.615. The lowest BCUT2D eigenvalue weighted by atomic mass is 9.97. The quantitative estimate of drug-likeness (QED) is 0.652. The van der Waals surface area contributed by atoms with Crippen molar-refractivity contribution in [2.24, 2.45) is 5.41 Å². The van der Waals surface area contributed by atoms with Crippen LogP contribution >= 0.6 is 22.7 Å². The van der Waals surface area contributed by atoms with Gasteiger partial charge < -0.3 is 10.1 Å². The van der Waals surface area contributed by atoms with Gasteiger partial charge in [0.1, 0.15) is 0 Å². The number of amides is 1. The number of esters is 1. The van der Waals surface area contributed by atoms with E-state index in [0.29, 0.717) is 18.8 Å². The number of nitrogens with zero attached hydrogens (tertiary/aromatic N) is 3. The summed E-state index contributed by atoms with van der Waals surface area (Å²) >= 11 is 3.12. The molecule has 1 N–H and O–H groups in total. The number of carbonyl (C=O) groups excluding carboxylic acids is 2. The van der Waals surface area contributed by atoms with Gasteiger partial charge in [-0.3, -0.25) is 9.59 Å². The second-order valence-corrected chi connectivity index (χ2v) is 8.54. The van der Waals surface area contributed by atoms with Crippen molar-refractivity contribution < 1.29 is 14.3 Å². The predicted octanol–water partition coefficient (Wildman–Crippen LogP) is 2.77. The van der Waals surface area contributed by atoms with Gasteiger partial charge in [0.15, 0.2) is 12.4 Å². The number of aromatic nitrogens is 3. The van der Waals surface area contributed by atoms with Crippen LogP contribution in [0.3, 0.4) is 0 Å². The van der Waals surface area contributed by atoms with Crippen LogP contribution in [0.15, 0.2) is 22.9 Å². The number of carbonyl (C=O) groups is 2. The maximum atomic E-state index is 11.8. The van der Waals surface area contributed by atoms with Crippen molar-refractivity contribution in [1.82, 2.24) is 19.9 Å². The van der Waals surface area contributed by atoms with Gasteiger partial charge in [-0.2, -0.15) is 4.98 Å². The summed E-state index contributed by atoms with van der Waals surface area (Å²) in [7, 11) is 0. The summed E-state index contributed by atoms with van der Waals surface area (Å²) < 4.78 is 6.81. The summed E-state index contributed by atoms with van der Waals surface area (Å²) in [5.74, 6) is 0.00841. The molecule has 3 heterocycles. The van der Waals surface area contributed by atoms with Crippen LogP contribution in [0.5, 0.6) is 0 Å². The van der Waals surface area contributed by atoms with Gasteiger partial charge in [-0.05, 0) is 32.2 Å². The molecule has 0 saturated carbocycles. The van der Waals surface area contributed by atoms with Gasteiger partial charge in [-0.15, -0.1) is 27.8 Å². The van der Waals surface area contributed by atoms with Gasteiger partial charge in [-0.1, -0.05) is 6.07 Å². The Morgan fingerprint density at radius 1 is 1.31 bits per heavy atom. The van der Waals surface area contributed by atoms with Crippen molar-refractivity contribution in [3.05, 3.63) is 28.6 Å². The Balaban J connectivity index is 1.52. The van der Waals surface area contributed by atoms with Crippen LogP contribution < -0.4 is 5.32 Å². The van der Waals surface area contributed by atoms with Crippen LogP contribution in [-0.2, 0) is 20.7 Å². The smallest absolute Gasteiger partial charge is 0.311 e. The first kappa shape index (κ1) is 18.5. The summed E-state index contributed by atoms with van der Waals surface area (Å²) in [6, 6.07) is 3.96. The Morgan fingerprint density at radius 3 is 2.81 bits per heavy atom. The number of thiophene rings is 1. The molecule has 0 spiro atoms. The average molecular weight is 393 g/mol. The molecule has 3 aromatic heterocycles. The van der Waals surface area contributed by atoms with Gasteiger partial charge in [0.25, 0.3) is 5.91 Å². The molecule has 26 heavy (non-hydrogen) atoms. The van der Waals surface area contributed by atoms with E-state index in [4.69, 9.17) is 4.74 Å². The molecule has 1 amide bonds. The monoisotopic (exact) mass is 392 g/mol. The molecule has 0 fully saturated rings. The number of ether oxygens (including phenoxy) is 1. The minimum absolute atomic E-state index is 0.263. The molecule has 0 aliphatic heterocycles. The summed E-state index contributed by atoms with van der Waals surface area (Å²) in [6.07, 6.45) is 0.617. The Kier molecular flexibility index (Phi) is 5.38. The number of hydrogen-bond acceptors (Lipinski definition) is 7. The standard InChI is InChI=1S/C17H20N4O3S2/c1-17(2,3)15(23)24-9-13(22)18-7-6-11-10-26-16-19-14(20-21(11)16)12-5-4-8-25-12/h4-5,8,10H,6-7,9H2,1-3H3,(H,18,22). The van der Waals surface area contributed by atoms with Crippen LogP contribution in [0.1, 0.15) is 26.5 Å². The van der Waals surface area contributed by atoms with Gasteiger partial charge in [0, 0.05) is 18.3 Å². The van der Waals surface area contributed by atoms with Gasteiger partial charge in [-0.25, -0.2) is 4.52 Å². The second kappa shape index (κ2) is 7.55. The largest absolute Gasteiger partial charge is 0.455 e. The molecule has 3 rings (SSSR count). The van der Waals surface area contributed by atoms with E-state index >= 15 is 0 Å². The normalized spacial score (nSPS) is 11.7. The molecule has 138 valence electrons. The minimum Gasteiger partial charge on any atom is -0.455 e. The molecule has 0 unspecified atom stereocenters. The van der Waals surface area contributed by atoms with Gasteiger partial charge in [0.05, 0.1) is 16.0 Å². The molecule has 0 saturated heterocycles. The number of fused-ring (bicyclic) bond motifs is 1. The summed E-state index contributed by atoms with van der Waals surface area (Å²) in [4.78, 5) is 29.8. The number of nitrogens with one attached hydrogen (secondary N) is 1. The average Bonchev–Trinajstić information content (AvgIpc) is 3.28. The second-order valence-electron chi connectivity index (χ2n) is 6.76. The summed E-state index contributed by atoms with van der Waals surface area (Å²) in [5.41, 5.74) is 0.364. The lowest BCUT2D eigenvalue weighted by Gasteiger charge is -2.16. The SMILES string of the molecule is CC(C)(C)C(=O)OCC(=O)NCCc1csc2nc(-c3cccs3)nn12. The molecule has 7 nitrogen and oxygen atoms in total. The van der Waals surface area contributed by atoms with Crippen molar-refractivity contribution >= 4 is 39.5 Å². The van der Waals surface area contributed by atoms with Crippen LogP contribution in [0.25, 0.3) is 15.7 Å². The third-order valence-corrected chi connectivity index (χ3v) is 5.27. The lowest BCUT2D eigenvalue weighted by molar-refractivity contribution is -0.156. The highest BCUT2D eigenvalue weighted by Gasteiger charge is 2.23. The molecule has 0 aliphatic carbocycles. The van der Waals surface area contributed by atoms with Gasteiger partial charge in [0.2, 0.25) is 4.96 Å². The molecule has 0 radical (unpaired) electrons. The first-order valence-corrected chi connectivity index (χ1v) is 9.91. The van der Waals surface area contributed by atoms with E-state index in [0.717, 1.165) is 15.5 Å². The fraction of sp³-hybridized carbons (Fsp3) is 0.412. The topological polar surface area (TPSA) is 85.6 Å². The Morgan fingerprint density at radius 2 is 2.12 bits per heavy atom. The third-order valence-electron chi connectivity index (χ3n) is 3.54. The summed E-state index contributed by atoms with van der Waals surface area (Å²) in [5, 5.41) is 11.3. The van der Waals surface area contributed by atoms with Crippen molar-refractivity contribution in [2.45, 2.75) is 27.2 Å². The highest BCUT2D eigenvalue weighted by atomic mass is 32.1. The van der Waals surface area contributed by atoms with Crippen LogP contribution in [-0.4, -0.2) is 39.6 Å². The van der Waals surface area contributed by atoms with E-state index in [9.17, 15) is 9.59 Å². The molecule has 0 aromatic carbocycles. The zero-order valence-electron chi connectivity index (χ0n) is 14.8. The Hall–Kier alpha value is -2.26. The number of rotatable bonds is 6. The zero-order chi connectivity index (χ0) is 18.7. The van der Waals surface area contributed by atoms with Crippen molar-refractivity contribution in [2.75, 3.05) is 13.2 Å². The molecule has 0 atom stereocenters. The number of thiazole rings is 1. The molecule has 9 heteroatoms. The molecule has 3 aromatic rings. The Labute approximate surface area is 159 Å². The predicted molar refractivity (Wildman–Crippen MR) is 101 cm³/mol. The molecular formula is C17H20N4O3S2. The van der Waals surface area contributed by atoms with E-state index in [-0.39, 0.29) is 12.5 Å². The van der Waals surface area contributed by atoms with E-state index in [2.05, 4.69) is 15.4 Å². The molecule has 0 aliphatic rings. The third kappa shape index (κ3) is 4.28. The molecular weight excluding hydrogens is 372 g/mol. The van der Waals surface area contributed by atoms with Crippen LogP contribution in [0.2, 0.25) is 0 Å². The maximum Gasteiger partial charge on any atom is 0.311 e. The summed E-state index contributed by atoms with van der Waals surface area (Å²) in [6.45, 7) is 5.42. The van der Waals surface area contributed by atoms with Gasteiger partial charge >= 0.3 is 5.97 Å². The van der Waals surface area contributed by atoms with E-state index < -0.39 is 11.4 Å². The van der Waals surface area contributed by atoms with Crippen molar-refractivity contribution in [3.8, 4) is 10.7 Å². The fourth-order valence-electron chi connectivity index (χ4n) is 2.14. The molecule has 0 bridgehead atoms. The van der Waals surface area contributed by atoms with Crippen molar-refractivity contribution in [3.63, 3.8) is 0 Å². The highest BCUT2D eigenvalue weighted by molar-refractivity contribution is 7.15. The first-order chi connectivity index (χ1) is 12.3. The number of hydrogen-bond donors (Lipinski definition) is 1. The van der Waals surface area contributed by atoms with Crippen molar-refractivity contribution in [1.29, 1.82) is 0 Å². The van der Waals surface area contributed by atoms with E-state index in [1.54, 1.807) is 32.1 Å².